The molecule has 0 saturated carbocycles. The number of para-hydroxylation sites is 1. The normalized spacial score (nSPS) is 12.4. The first kappa shape index (κ1) is 25.0. The SMILES string of the molecule is CCC(C)(C)NC(=O)[C@@H](c1cccnc1)N(C(=O)Cn1nnc2ccccc21)c1ccc(C)c(C)c1. The fraction of sp³-hybridized carbons (Fsp3) is 0.321. The number of fused-ring (bicyclic) bond motifs is 1. The number of aryl methyl sites for hydroxylation is 2. The van der Waals surface area contributed by atoms with Crippen LogP contribution in [0.1, 0.15) is 49.9 Å². The molecule has 1 N–H and O–H groups in total. The molecule has 1 atom stereocenters. The van der Waals surface area contributed by atoms with E-state index in [2.05, 4.69) is 20.6 Å². The molecule has 0 radical (unpaired) electrons. The lowest BCUT2D eigenvalue weighted by molar-refractivity contribution is -0.128. The molecule has 2 aromatic carbocycles. The number of anilines is 1. The highest BCUT2D eigenvalue weighted by molar-refractivity contribution is 6.01. The van der Waals surface area contributed by atoms with Crippen molar-refractivity contribution < 1.29 is 9.59 Å². The highest BCUT2D eigenvalue weighted by Crippen LogP contribution is 2.30. The molecule has 2 heterocycles. The van der Waals surface area contributed by atoms with Crippen molar-refractivity contribution in [1.82, 2.24) is 25.3 Å². The van der Waals surface area contributed by atoms with Crippen LogP contribution in [-0.2, 0) is 16.1 Å². The van der Waals surface area contributed by atoms with Gasteiger partial charge in [-0.1, -0.05) is 36.4 Å². The van der Waals surface area contributed by atoms with Crippen molar-refractivity contribution in [2.75, 3.05) is 4.90 Å². The molecule has 0 spiro atoms. The number of amides is 2. The van der Waals surface area contributed by atoms with Gasteiger partial charge in [-0.3, -0.25) is 19.5 Å². The van der Waals surface area contributed by atoms with Crippen LogP contribution in [0, 0.1) is 13.8 Å². The summed E-state index contributed by atoms with van der Waals surface area (Å²) >= 11 is 0. The molecule has 8 nitrogen and oxygen atoms in total. The topological polar surface area (TPSA) is 93.0 Å². The number of hydrogen-bond acceptors (Lipinski definition) is 5. The Labute approximate surface area is 211 Å². The first-order valence-electron chi connectivity index (χ1n) is 12.1. The summed E-state index contributed by atoms with van der Waals surface area (Å²) in [4.78, 5) is 33.7. The van der Waals surface area contributed by atoms with Crippen LogP contribution < -0.4 is 10.2 Å². The molecule has 186 valence electrons. The first-order chi connectivity index (χ1) is 17.2. The van der Waals surface area contributed by atoms with E-state index >= 15 is 0 Å². The molecule has 0 aliphatic carbocycles. The number of hydrogen-bond donors (Lipinski definition) is 1. The van der Waals surface area contributed by atoms with E-state index in [1.165, 1.54) is 0 Å². The molecule has 0 saturated heterocycles. The molecule has 0 fully saturated rings. The molecular formula is C28H32N6O2. The van der Waals surface area contributed by atoms with Crippen molar-refractivity contribution in [2.24, 2.45) is 0 Å². The first-order valence-corrected chi connectivity index (χ1v) is 12.1. The van der Waals surface area contributed by atoms with Crippen molar-refractivity contribution in [2.45, 2.75) is 59.2 Å². The van der Waals surface area contributed by atoms with Crippen LogP contribution in [0.4, 0.5) is 5.69 Å². The lowest BCUT2D eigenvalue weighted by Crippen LogP contribution is -2.51. The van der Waals surface area contributed by atoms with Gasteiger partial charge in [-0.2, -0.15) is 0 Å². The van der Waals surface area contributed by atoms with E-state index in [0.717, 1.165) is 23.1 Å². The number of pyridine rings is 1. The highest BCUT2D eigenvalue weighted by atomic mass is 16.2. The Bertz CT molecular complexity index is 1380. The predicted molar refractivity (Wildman–Crippen MR) is 140 cm³/mol. The molecule has 0 aliphatic heterocycles. The van der Waals surface area contributed by atoms with Crippen molar-refractivity contribution in [3.8, 4) is 0 Å². The van der Waals surface area contributed by atoms with Gasteiger partial charge in [0.15, 0.2) is 0 Å². The largest absolute Gasteiger partial charge is 0.349 e. The van der Waals surface area contributed by atoms with E-state index in [9.17, 15) is 9.59 Å². The minimum Gasteiger partial charge on any atom is -0.349 e. The summed E-state index contributed by atoms with van der Waals surface area (Å²) in [7, 11) is 0. The summed E-state index contributed by atoms with van der Waals surface area (Å²) in [5, 5.41) is 11.5. The molecule has 0 bridgehead atoms. The molecule has 2 amide bonds. The Hall–Kier alpha value is -4.07. The number of carbonyl (C=O) groups excluding carboxylic acids is 2. The van der Waals surface area contributed by atoms with E-state index in [-0.39, 0.29) is 18.4 Å². The molecule has 8 heteroatoms. The summed E-state index contributed by atoms with van der Waals surface area (Å²) in [5.41, 5.74) is 4.38. The second kappa shape index (κ2) is 10.3. The molecule has 4 aromatic rings. The van der Waals surface area contributed by atoms with E-state index in [1.54, 1.807) is 28.0 Å². The maximum absolute atomic E-state index is 14.0. The molecule has 0 unspecified atom stereocenters. The fourth-order valence-corrected chi connectivity index (χ4v) is 4.00. The zero-order valence-corrected chi connectivity index (χ0v) is 21.4. The summed E-state index contributed by atoms with van der Waals surface area (Å²) in [6.07, 6.45) is 4.02. The van der Waals surface area contributed by atoms with Crippen molar-refractivity contribution in [1.29, 1.82) is 0 Å². The monoisotopic (exact) mass is 484 g/mol. The number of rotatable bonds is 8. The quantitative estimate of drug-likeness (QED) is 0.397. The van der Waals surface area contributed by atoms with Crippen LogP contribution >= 0.6 is 0 Å². The van der Waals surface area contributed by atoms with Crippen molar-refractivity contribution >= 4 is 28.5 Å². The Morgan fingerprint density at radius 3 is 2.53 bits per heavy atom. The number of nitrogens with one attached hydrogen (secondary N) is 1. The van der Waals surface area contributed by atoms with Gasteiger partial charge in [-0.25, -0.2) is 4.68 Å². The molecule has 2 aromatic heterocycles. The lowest BCUT2D eigenvalue weighted by atomic mass is 9.98. The van der Waals surface area contributed by atoms with E-state index in [0.29, 0.717) is 16.8 Å². The van der Waals surface area contributed by atoms with E-state index in [4.69, 9.17) is 0 Å². The van der Waals surface area contributed by atoms with Gasteiger partial charge in [0.25, 0.3) is 0 Å². The highest BCUT2D eigenvalue weighted by Gasteiger charge is 2.35. The third-order valence-electron chi connectivity index (χ3n) is 6.59. The van der Waals surface area contributed by atoms with Gasteiger partial charge in [0.2, 0.25) is 11.8 Å². The molecule has 36 heavy (non-hydrogen) atoms. The van der Waals surface area contributed by atoms with Crippen LogP contribution in [0.2, 0.25) is 0 Å². The molecule has 0 aliphatic rings. The minimum atomic E-state index is -0.922. The molecule has 4 rings (SSSR count). The smallest absolute Gasteiger partial charge is 0.249 e. The Kier molecular flexibility index (Phi) is 7.15. The number of carbonyl (C=O) groups is 2. The van der Waals surface area contributed by atoms with Gasteiger partial charge in [-0.05, 0) is 75.6 Å². The predicted octanol–water partition coefficient (Wildman–Crippen LogP) is 4.52. The number of benzene rings is 2. The van der Waals surface area contributed by atoms with Gasteiger partial charge >= 0.3 is 0 Å². The Morgan fingerprint density at radius 2 is 1.83 bits per heavy atom. The zero-order chi connectivity index (χ0) is 25.9. The minimum absolute atomic E-state index is 0.0748. The van der Waals surface area contributed by atoms with Crippen LogP contribution in [0.3, 0.4) is 0 Å². The van der Waals surface area contributed by atoms with Gasteiger partial charge in [0.05, 0.1) is 5.52 Å². The fourth-order valence-electron chi connectivity index (χ4n) is 4.00. The van der Waals surface area contributed by atoms with Crippen LogP contribution in [0.25, 0.3) is 11.0 Å². The van der Waals surface area contributed by atoms with Crippen LogP contribution in [0.15, 0.2) is 67.0 Å². The summed E-state index contributed by atoms with van der Waals surface area (Å²) in [5.74, 6) is -0.558. The second-order valence-corrected chi connectivity index (χ2v) is 9.68. The van der Waals surface area contributed by atoms with Gasteiger partial charge in [0.1, 0.15) is 18.1 Å². The van der Waals surface area contributed by atoms with Crippen LogP contribution in [-0.4, -0.2) is 37.3 Å². The van der Waals surface area contributed by atoms with Crippen LogP contribution in [0.5, 0.6) is 0 Å². The summed E-state index contributed by atoms with van der Waals surface area (Å²) in [6.45, 7) is 9.88. The van der Waals surface area contributed by atoms with Gasteiger partial charge < -0.3 is 5.32 Å². The number of nitrogens with zero attached hydrogens (tertiary/aromatic N) is 5. The van der Waals surface area contributed by atoms with Crippen molar-refractivity contribution in [3.63, 3.8) is 0 Å². The van der Waals surface area contributed by atoms with Gasteiger partial charge in [-0.15, -0.1) is 5.10 Å². The van der Waals surface area contributed by atoms with Crippen molar-refractivity contribution in [3.05, 3.63) is 83.7 Å². The molecular weight excluding hydrogens is 452 g/mol. The lowest BCUT2D eigenvalue weighted by Gasteiger charge is -2.34. The maximum atomic E-state index is 14.0. The van der Waals surface area contributed by atoms with E-state index in [1.807, 2.05) is 83.1 Å². The Morgan fingerprint density at radius 1 is 1.06 bits per heavy atom. The summed E-state index contributed by atoms with van der Waals surface area (Å²) < 4.78 is 1.57. The number of aromatic nitrogens is 4. The third kappa shape index (κ3) is 5.27. The van der Waals surface area contributed by atoms with Gasteiger partial charge in [0, 0.05) is 29.2 Å². The van der Waals surface area contributed by atoms with E-state index < -0.39 is 11.6 Å². The summed E-state index contributed by atoms with van der Waals surface area (Å²) in [6, 6.07) is 15.9. The average Bonchev–Trinajstić information content (AvgIpc) is 3.27. The Balaban J connectivity index is 1.82. The maximum Gasteiger partial charge on any atom is 0.249 e. The third-order valence-corrected chi connectivity index (χ3v) is 6.59. The zero-order valence-electron chi connectivity index (χ0n) is 21.4. The average molecular weight is 485 g/mol. The second-order valence-electron chi connectivity index (χ2n) is 9.68. The standard InChI is InChI=1S/C28H32N6O2/c1-6-28(4,5)30-27(36)26(21-10-9-15-29-17-21)34(22-14-13-19(2)20(3)16-22)25(35)18-33-24-12-8-7-11-23(24)31-32-33/h7-17,26H,6,18H2,1-5H3,(H,30,36)/t26-/m1/s1.